The van der Waals surface area contributed by atoms with Crippen molar-refractivity contribution in [3.05, 3.63) is 89.0 Å². The number of benzene rings is 3. The molecule has 0 aromatic heterocycles. The molecule has 1 heterocycles. The Morgan fingerprint density at radius 3 is 2.09 bits per heavy atom. The number of nitrogens with zero attached hydrogens (tertiary/aromatic N) is 2. The van der Waals surface area contributed by atoms with E-state index in [-0.39, 0.29) is 0 Å². The van der Waals surface area contributed by atoms with Crippen molar-refractivity contribution in [1.82, 2.24) is 4.90 Å². The number of piperazine rings is 1. The molecule has 0 spiro atoms. The van der Waals surface area contributed by atoms with E-state index in [9.17, 15) is 8.76 Å². The standard InChI is InChI=1S/C26H30N2O3S/c1-20-16-23(17-21(2)26(20)31-19-22-6-4-3-5-7-22)18-27-12-14-28(15-13-27)24-8-10-25(11-9-24)32(29)30/h3-11,16-17H,12-15,18-19H2,1-2H3,(H,29,30). The first-order chi connectivity index (χ1) is 15.5. The molecule has 1 N–H and O–H groups in total. The second-order valence-corrected chi connectivity index (χ2v) is 9.31. The molecule has 1 aliphatic heterocycles. The lowest BCUT2D eigenvalue weighted by Gasteiger charge is -2.36. The van der Waals surface area contributed by atoms with Gasteiger partial charge in [0.1, 0.15) is 12.4 Å². The summed E-state index contributed by atoms with van der Waals surface area (Å²) < 4.78 is 26.5. The molecule has 0 radical (unpaired) electrons. The molecule has 1 saturated heterocycles. The number of anilines is 1. The van der Waals surface area contributed by atoms with E-state index in [0.717, 1.165) is 44.2 Å². The first-order valence-electron chi connectivity index (χ1n) is 10.9. The van der Waals surface area contributed by atoms with Gasteiger partial charge in [0.25, 0.3) is 0 Å². The van der Waals surface area contributed by atoms with E-state index < -0.39 is 11.1 Å². The third-order valence-corrected chi connectivity index (χ3v) is 6.60. The highest BCUT2D eigenvalue weighted by Crippen LogP contribution is 2.27. The zero-order chi connectivity index (χ0) is 22.5. The van der Waals surface area contributed by atoms with Crippen LogP contribution in [0.15, 0.2) is 71.6 Å². The molecule has 1 fully saturated rings. The van der Waals surface area contributed by atoms with E-state index in [4.69, 9.17) is 4.74 Å². The van der Waals surface area contributed by atoms with Crippen molar-refractivity contribution in [3.63, 3.8) is 0 Å². The fourth-order valence-corrected chi connectivity index (χ4v) is 4.65. The zero-order valence-electron chi connectivity index (χ0n) is 18.7. The average molecular weight is 451 g/mol. The summed E-state index contributed by atoms with van der Waals surface area (Å²) in [5.74, 6) is 0.981. The lowest BCUT2D eigenvalue weighted by Crippen LogP contribution is -2.46. The molecular formula is C26H30N2O3S. The second-order valence-electron chi connectivity index (χ2n) is 8.34. The summed E-state index contributed by atoms with van der Waals surface area (Å²) in [4.78, 5) is 5.25. The van der Waals surface area contributed by atoms with Gasteiger partial charge in [-0.15, -0.1) is 0 Å². The first kappa shape index (κ1) is 22.5. The SMILES string of the molecule is Cc1cc(CN2CCN(c3ccc(S(=O)O)cc3)CC2)cc(C)c1OCc1ccccc1. The van der Waals surface area contributed by atoms with Crippen LogP contribution >= 0.6 is 0 Å². The lowest BCUT2D eigenvalue weighted by molar-refractivity contribution is 0.249. The molecule has 3 aromatic carbocycles. The molecule has 0 aliphatic carbocycles. The third kappa shape index (κ3) is 5.57. The Kier molecular flexibility index (Phi) is 7.25. The van der Waals surface area contributed by atoms with E-state index in [1.165, 1.54) is 22.3 Å². The molecule has 3 aromatic rings. The van der Waals surface area contributed by atoms with E-state index in [1.54, 1.807) is 12.1 Å². The fraction of sp³-hybridized carbons (Fsp3) is 0.308. The Bertz CT molecular complexity index is 1040. The molecule has 4 rings (SSSR count). The number of ether oxygens (including phenoxy) is 1. The molecule has 0 bridgehead atoms. The van der Waals surface area contributed by atoms with Crippen molar-refractivity contribution in [2.75, 3.05) is 31.1 Å². The summed E-state index contributed by atoms with van der Waals surface area (Å²) in [5.41, 5.74) is 5.94. The molecule has 1 atom stereocenters. The van der Waals surface area contributed by atoms with Crippen molar-refractivity contribution < 1.29 is 13.5 Å². The minimum absolute atomic E-state index is 0.439. The van der Waals surface area contributed by atoms with Gasteiger partial charge < -0.3 is 14.2 Å². The van der Waals surface area contributed by atoms with Gasteiger partial charge in [-0.2, -0.15) is 0 Å². The summed E-state index contributed by atoms with van der Waals surface area (Å²) >= 11 is -1.92. The van der Waals surface area contributed by atoms with Gasteiger partial charge in [-0.1, -0.05) is 42.5 Å². The van der Waals surface area contributed by atoms with Crippen molar-refractivity contribution in [2.24, 2.45) is 0 Å². The number of rotatable bonds is 7. The van der Waals surface area contributed by atoms with Gasteiger partial charge in [-0.05, 0) is 60.4 Å². The van der Waals surface area contributed by atoms with Crippen LogP contribution in [0, 0.1) is 13.8 Å². The maximum atomic E-state index is 11.2. The van der Waals surface area contributed by atoms with Crippen molar-refractivity contribution >= 4 is 16.8 Å². The summed E-state index contributed by atoms with van der Waals surface area (Å²) in [6.07, 6.45) is 0. The zero-order valence-corrected chi connectivity index (χ0v) is 19.5. The maximum Gasteiger partial charge on any atom is 0.186 e. The summed E-state index contributed by atoms with van der Waals surface area (Å²) in [5, 5.41) is 0. The van der Waals surface area contributed by atoms with E-state index in [1.807, 2.05) is 30.3 Å². The van der Waals surface area contributed by atoms with Crippen LogP contribution in [-0.4, -0.2) is 39.8 Å². The largest absolute Gasteiger partial charge is 0.488 e. The molecule has 1 unspecified atom stereocenters. The van der Waals surface area contributed by atoms with Crippen LogP contribution in [0.4, 0.5) is 5.69 Å². The fourth-order valence-electron chi connectivity index (χ4n) is 4.28. The third-order valence-electron chi connectivity index (χ3n) is 5.93. The quantitative estimate of drug-likeness (QED) is 0.525. The molecule has 5 nitrogen and oxygen atoms in total. The molecule has 0 saturated carbocycles. The van der Waals surface area contributed by atoms with E-state index >= 15 is 0 Å². The Morgan fingerprint density at radius 2 is 1.50 bits per heavy atom. The summed E-state index contributed by atoms with van der Waals surface area (Å²) in [6.45, 7) is 9.61. The minimum Gasteiger partial charge on any atom is -0.488 e. The Labute approximate surface area is 192 Å². The minimum atomic E-state index is -1.92. The van der Waals surface area contributed by atoms with Gasteiger partial charge in [0.15, 0.2) is 11.1 Å². The van der Waals surface area contributed by atoms with Crippen LogP contribution in [0.2, 0.25) is 0 Å². The highest BCUT2D eigenvalue weighted by atomic mass is 32.2. The summed E-state index contributed by atoms with van der Waals surface area (Å²) in [6, 6.07) is 22.1. The monoisotopic (exact) mass is 450 g/mol. The Morgan fingerprint density at radius 1 is 0.875 bits per heavy atom. The molecule has 168 valence electrons. The van der Waals surface area contributed by atoms with Crippen LogP contribution in [0.5, 0.6) is 5.75 Å². The summed E-state index contributed by atoms with van der Waals surface area (Å²) in [7, 11) is 0. The predicted octanol–water partition coefficient (Wildman–Crippen LogP) is 4.79. The molecule has 6 heteroatoms. The topological polar surface area (TPSA) is 53.0 Å². The Hall–Kier alpha value is -2.67. The molecule has 0 amide bonds. The van der Waals surface area contributed by atoms with Crippen molar-refractivity contribution in [2.45, 2.75) is 31.9 Å². The van der Waals surface area contributed by atoms with Crippen LogP contribution in [-0.2, 0) is 24.2 Å². The molecular weight excluding hydrogens is 420 g/mol. The van der Waals surface area contributed by atoms with Crippen LogP contribution in [0.3, 0.4) is 0 Å². The molecule has 32 heavy (non-hydrogen) atoms. The smallest absolute Gasteiger partial charge is 0.186 e. The number of aryl methyl sites for hydroxylation is 2. The van der Waals surface area contributed by atoms with E-state index in [0.29, 0.717) is 11.5 Å². The van der Waals surface area contributed by atoms with Gasteiger partial charge in [0.2, 0.25) is 0 Å². The highest BCUT2D eigenvalue weighted by Gasteiger charge is 2.18. The average Bonchev–Trinajstić information content (AvgIpc) is 2.80. The van der Waals surface area contributed by atoms with Crippen LogP contribution < -0.4 is 9.64 Å². The highest BCUT2D eigenvalue weighted by molar-refractivity contribution is 7.79. The number of hydrogen-bond donors (Lipinski definition) is 1. The van der Waals surface area contributed by atoms with Gasteiger partial charge in [-0.3, -0.25) is 4.90 Å². The Balaban J connectivity index is 1.33. The van der Waals surface area contributed by atoms with Crippen LogP contribution in [0.1, 0.15) is 22.3 Å². The molecule has 1 aliphatic rings. The van der Waals surface area contributed by atoms with Crippen LogP contribution in [0.25, 0.3) is 0 Å². The normalized spacial score (nSPS) is 15.5. The van der Waals surface area contributed by atoms with E-state index in [2.05, 4.69) is 47.9 Å². The second kappa shape index (κ2) is 10.3. The van der Waals surface area contributed by atoms with Gasteiger partial charge in [0.05, 0.1) is 4.90 Å². The van der Waals surface area contributed by atoms with Gasteiger partial charge in [0, 0.05) is 38.4 Å². The van der Waals surface area contributed by atoms with Gasteiger partial charge >= 0.3 is 0 Å². The predicted molar refractivity (Wildman–Crippen MR) is 130 cm³/mol. The van der Waals surface area contributed by atoms with Crippen molar-refractivity contribution in [3.8, 4) is 5.75 Å². The maximum absolute atomic E-state index is 11.2. The van der Waals surface area contributed by atoms with Crippen molar-refractivity contribution in [1.29, 1.82) is 0 Å². The first-order valence-corrected chi connectivity index (χ1v) is 12.1. The van der Waals surface area contributed by atoms with Gasteiger partial charge in [-0.25, -0.2) is 4.21 Å². The number of hydrogen-bond acceptors (Lipinski definition) is 4. The lowest BCUT2D eigenvalue weighted by atomic mass is 10.0.